The maximum Gasteiger partial charge on any atom is 0.317 e. The number of carboxylic acid groups (broad SMARTS) is 1. The summed E-state index contributed by atoms with van der Waals surface area (Å²) in [5, 5.41) is 12.0. The van der Waals surface area contributed by atoms with Crippen LogP contribution in [-0.4, -0.2) is 41.1 Å². The van der Waals surface area contributed by atoms with Crippen LogP contribution in [0.15, 0.2) is 12.2 Å². The molecule has 1 aliphatic heterocycles. The molecule has 0 aromatic carbocycles. The van der Waals surface area contributed by atoms with Gasteiger partial charge in [-0.25, -0.2) is 4.79 Å². The largest absolute Gasteiger partial charge is 0.481 e. The molecule has 5 nitrogen and oxygen atoms in total. The van der Waals surface area contributed by atoms with E-state index in [2.05, 4.69) is 17.5 Å². The molecule has 1 aliphatic carbocycles. The van der Waals surface area contributed by atoms with Crippen molar-refractivity contribution in [3.63, 3.8) is 0 Å². The van der Waals surface area contributed by atoms with Crippen LogP contribution in [0.1, 0.15) is 26.2 Å². The number of hydrogen-bond acceptors (Lipinski definition) is 2. The highest BCUT2D eigenvalue weighted by atomic mass is 16.4. The molecule has 2 rings (SSSR count). The number of likely N-dealkylation sites (tertiary alicyclic amines) is 1. The molecule has 5 heteroatoms. The van der Waals surface area contributed by atoms with Crippen molar-refractivity contribution in [3.8, 4) is 0 Å². The Morgan fingerprint density at radius 2 is 2.06 bits per heavy atom. The molecule has 0 aromatic rings. The lowest BCUT2D eigenvalue weighted by Gasteiger charge is -2.22. The van der Waals surface area contributed by atoms with Crippen LogP contribution in [-0.2, 0) is 4.79 Å². The first-order valence-corrected chi connectivity index (χ1v) is 5.95. The lowest BCUT2D eigenvalue weighted by atomic mass is 9.90. The second-order valence-corrected chi connectivity index (χ2v) is 5.13. The zero-order valence-corrected chi connectivity index (χ0v) is 9.98. The summed E-state index contributed by atoms with van der Waals surface area (Å²) in [7, 11) is 0. The first kappa shape index (κ1) is 12.0. The highest BCUT2D eigenvalue weighted by Gasteiger charge is 2.42. The van der Waals surface area contributed by atoms with Gasteiger partial charge in [0.2, 0.25) is 0 Å². The summed E-state index contributed by atoms with van der Waals surface area (Å²) < 4.78 is 0. The van der Waals surface area contributed by atoms with Crippen LogP contribution in [0.25, 0.3) is 0 Å². The average Bonchev–Trinajstić information content (AvgIpc) is 2.88. The molecule has 1 heterocycles. The Morgan fingerprint density at radius 3 is 2.59 bits per heavy atom. The summed E-state index contributed by atoms with van der Waals surface area (Å²) in [5.74, 6) is -0.824. The first-order valence-electron chi connectivity index (χ1n) is 5.95. The lowest BCUT2D eigenvalue weighted by molar-refractivity contribution is -0.146. The number of nitrogens with zero attached hydrogens (tertiary/aromatic N) is 1. The van der Waals surface area contributed by atoms with Crippen molar-refractivity contribution in [3.05, 3.63) is 12.2 Å². The minimum Gasteiger partial charge on any atom is -0.481 e. The highest BCUT2D eigenvalue weighted by Crippen LogP contribution is 2.30. The highest BCUT2D eigenvalue weighted by molar-refractivity contribution is 5.79. The van der Waals surface area contributed by atoms with Crippen LogP contribution in [0, 0.1) is 5.41 Å². The van der Waals surface area contributed by atoms with Crippen LogP contribution in [0.2, 0.25) is 0 Å². The number of carbonyl (C=O) groups excluding carboxylic acids is 1. The van der Waals surface area contributed by atoms with Gasteiger partial charge in [-0.15, -0.1) is 0 Å². The van der Waals surface area contributed by atoms with Gasteiger partial charge >= 0.3 is 12.0 Å². The van der Waals surface area contributed by atoms with Gasteiger partial charge in [0.1, 0.15) is 0 Å². The number of urea groups is 1. The SMILES string of the molecule is CC1(C(=O)O)CCN(C(=O)NC2CC=CC2)C1. The molecular formula is C12H18N2O3. The van der Waals surface area contributed by atoms with Crippen molar-refractivity contribution in [1.29, 1.82) is 0 Å². The van der Waals surface area contributed by atoms with Crippen molar-refractivity contribution >= 4 is 12.0 Å². The number of aliphatic carboxylic acids is 1. The summed E-state index contributed by atoms with van der Waals surface area (Å²) >= 11 is 0. The van der Waals surface area contributed by atoms with E-state index in [4.69, 9.17) is 5.11 Å². The van der Waals surface area contributed by atoms with Crippen LogP contribution < -0.4 is 5.32 Å². The van der Waals surface area contributed by atoms with Crippen molar-refractivity contribution < 1.29 is 14.7 Å². The van der Waals surface area contributed by atoms with Gasteiger partial charge in [-0.1, -0.05) is 12.2 Å². The molecule has 0 radical (unpaired) electrons. The number of rotatable bonds is 2. The third kappa shape index (κ3) is 2.43. The van der Waals surface area contributed by atoms with E-state index in [9.17, 15) is 9.59 Å². The minimum absolute atomic E-state index is 0.135. The number of amides is 2. The summed E-state index contributed by atoms with van der Waals surface area (Å²) in [6, 6.07) is 0.0443. The molecule has 0 saturated carbocycles. The molecule has 1 saturated heterocycles. The average molecular weight is 238 g/mol. The van der Waals surface area contributed by atoms with E-state index in [1.54, 1.807) is 11.8 Å². The van der Waals surface area contributed by atoms with Gasteiger partial charge in [0, 0.05) is 19.1 Å². The second kappa shape index (κ2) is 4.39. The number of hydrogen-bond donors (Lipinski definition) is 2. The quantitative estimate of drug-likeness (QED) is 0.710. The van der Waals surface area contributed by atoms with Gasteiger partial charge in [-0.05, 0) is 26.2 Å². The Balaban J connectivity index is 1.87. The van der Waals surface area contributed by atoms with E-state index in [0.29, 0.717) is 19.5 Å². The van der Waals surface area contributed by atoms with Crippen molar-refractivity contribution in [2.75, 3.05) is 13.1 Å². The van der Waals surface area contributed by atoms with Gasteiger partial charge in [0.25, 0.3) is 0 Å². The summed E-state index contributed by atoms with van der Waals surface area (Å²) in [4.78, 5) is 24.6. The Bertz CT molecular complexity index is 359. The predicted molar refractivity (Wildman–Crippen MR) is 62.6 cm³/mol. The maximum atomic E-state index is 11.9. The Morgan fingerprint density at radius 1 is 1.41 bits per heavy atom. The Labute approximate surface area is 100 Å². The van der Waals surface area contributed by atoms with Crippen LogP contribution in [0.5, 0.6) is 0 Å². The fraction of sp³-hybridized carbons (Fsp3) is 0.667. The molecule has 0 aromatic heterocycles. The molecular weight excluding hydrogens is 220 g/mol. The summed E-state index contributed by atoms with van der Waals surface area (Å²) in [5.41, 5.74) is -0.786. The predicted octanol–water partition coefficient (Wildman–Crippen LogP) is 1.21. The second-order valence-electron chi connectivity index (χ2n) is 5.13. The molecule has 94 valence electrons. The van der Waals surface area contributed by atoms with Crippen LogP contribution in [0.3, 0.4) is 0 Å². The number of carboxylic acids is 1. The topological polar surface area (TPSA) is 69.6 Å². The van der Waals surface area contributed by atoms with E-state index >= 15 is 0 Å². The summed E-state index contributed by atoms with van der Waals surface area (Å²) in [6.45, 7) is 2.52. The molecule has 2 aliphatic rings. The van der Waals surface area contributed by atoms with Gasteiger partial charge in [0.05, 0.1) is 5.41 Å². The van der Waals surface area contributed by atoms with Crippen molar-refractivity contribution in [2.45, 2.75) is 32.2 Å². The monoisotopic (exact) mass is 238 g/mol. The standard InChI is InChI=1S/C12H18N2O3/c1-12(10(15)16)6-7-14(8-12)11(17)13-9-4-2-3-5-9/h2-3,9H,4-8H2,1H3,(H,13,17)(H,15,16). The Hall–Kier alpha value is -1.52. The number of carbonyl (C=O) groups is 2. The zero-order valence-electron chi connectivity index (χ0n) is 9.98. The van der Waals surface area contributed by atoms with Gasteiger partial charge in [-0.3, -0.25) is 4.79 Å². The Kier molecular flexibility index (Phi) is 3.09. The fourth-order valence-corrected chi connectivity index (χ4v) is 2.31. The maximum absolute atomic E-state index is 11.9. The van der Waals surface area contributed by atoms with Gasteiger partial charge in [0.15, 0.2) is 0 Å². The molecule has 2 N–H and O–H groups in total. The molecule has 1 fully saturated rings. The zero-order chi connectivity index (χ0) is 12.5. The summed E-state index contributed by atoms with van der Waals surface area (Å²) in [6.07, 6.45) is 6.37. The fourth-order valence-electron chi connectivity index (χ4n) is 2.31. The molecule has 17 heavy (non-hydrogen) atoms. The van der Waals surface area contributed by atoms with E-state index in [-0.39, 0.29) is 12.1 Å². The lowest BCUT2D eigenvalue weighted by Crippen LogP contribution is -2.44. The molecule has 1 atom stereocenters. The molecule has 0 bridgehead atoms. The third-order valence-electron chi connectivity index (χ3n) is 3.61. The molecule has 0 spiro atoms. The van der Waals surface area contributed by atoms with Crippen LogP contribution >= 0.6 is 0 Å². The van der Waals surface area contributed by atoms with Crippen LogP contribution in [0.4, 0.5) is 4.79 Å². The minimum atomic E-state index is -0.824. The van der Waals surface area contributed by atoms with Gasteiger partial charge in [-0.2, -0.15) is 0 Å². The first-order chi connectivity index (χ1) is 8.01. The van der Waals surface area contributed by atoms with E-state index in [0.717, 1.165) is 12.8 Å². The van der Waals surface area contributed by atoms with Crippen molar-refractivity contribution in [2.24, 2.45) is 5.41 Å². The third-order valence-corrected chi connectivity index (χ3v) is 3.61. The van der Waals surface area contributed by atoms with E-state index in [1.165, 1.54) is 0 Å². The molecule has 1 unspecified atom stereocenters. The van der Waals surface area contributed by atoms with E-state index < -0.39 is 11.4 Å². The van der Waals surface area contributed by atoms with Gasteiger partial charge < -0.3 is 15.3 Å². The van der Waals surface area contributed by atoms with E-state index in [1.807, 2.05) is 0 Å². The normalized spacial score (nSPS) is 28.6. The smallest absolute Gasteiger partial charge is 0.317 e. The van der Waals surface area contributed by atoms with Crippen molar-refractivity contribution in [1.82, 2.24) is 10.2 Å². The molecule has 2 amide bonds. The number of nitrogens with one attached hydrogen (secondary N) is 1.